The highest BCUT2D eigenvalue weighted by atomic mass is 32.1. The molecule has 1 aliphatic heterocycles. The summed E-state index contributed by atoms with van der Waals surface area (Å²) in [6.07, 6.45) is 1.20. The highest BCUT2D eigenvalue weighted by molar-refractivity contribution is 7.10. The molecule has 1 aromatic carbocycles. The Morgan fingerprint density at radius 1 is 1.29 bits per heavy atom. The van der Waals surface area contributed by atoms with Gasteiger partial charge in [-0.3, -0.25) is 9.59 Å². The average molecular weight is 342 g/mol. The van der Waals surface area contributed by atoms with E-state index >= 15 is 0 Å². The third-order valence-corrected chi connectivity index (χ3v) is 5.55. The van der Waals surface area contributed by atoms with Crippen LogP contribution in [0.4, 0.5) is 0 Å². The molecule has 4 nitrogen and oxygen atoms in total. The number of nitrogens with one attached hydrogen (secondary N) is 1. The van der Waals surface area contributed by atoms with E-state index in [9.17, 15) is 9.59 Å². The third-order valence-electron chi connectivity index (χ3n) is 4.56. The largest absolute Gasteiger partial charge is 0.349 e. The smallest absolute Gasteiger partial charge is 0.225 e. The lowest BCUT2D eigenvalue weighted by atomic mass is 9.98. The first-order valence-corrected chi connectivity index (χ1v) is 9.12. The molecule has 0 fully saturated rings. The SMILES string of the molecule is CC(=O)N[C@H](CC(=O)N1CCc2sccc2[C@H]1C)c1ccccc1. The van der Waals surface area contributed by atoms with Gasteiger partial charge in [-0.05, 0) is 35.9 Å². The molecule has 1 N–H and O–H groups in total. The van der Waals surface area contributed by atoms with Crippen LogP contribution in [0.5, 0.6) is 0 Å². The van der Waals surface area contributed by atoms with Gasteiger partial charge < -0.3 is 10.2 Å². The topological polar surface area (TPSA) is 49.4 Å². The van der Waals surface area contributed by atoms with E-state index in [1.807, 2.05) is 35.2 Å². The van der Waals surface area contributed by atoms with Crippen molar-refractivity contribution in [3.63, 3.8) is 0 Å². The Balaban J connectivity index is 1.75. The maximum atomic E-state index is 12.9. The molecule has 0 radical (unpaired) electrons. The fourth-order valence-electron chi connectivity index (χ4n) is 3.32. The van der Waals surface area contributed by atoms with E-state index in [0.717, 1.165) is 18.5 Å². The first-order valence-electron chi connectivity index (χ1n) is 8.24. The predicted molar refractivity (Wildman–Crippen MR) is 95.8 cm³/mol. The third kappa shape index (κ3) is 3.51. The van der Waals surface area contributed by atoms with Gasteiger partial charge in [0.1, 0.15) is 0 Å². The van der Waals surface area contributed by atoms with Crippen LogP contribution in [-0.4, -0.2) is 23.3 Å². The van der Waals surface area contributed by atoms with Gasteiger partial charge in [-0.25, -0.2) is 0 Å². The summed E-state index contributed by atoms with van der Waals surface area (Å²) in [6.45, 7) is 4.31. The summed E-state index contributed by atoms with van der Waals surface area (Å²) in [6, 6.07) is 11.6. The van der Waals surface area contributed by atoms with Crippen LogP contribution >= 0.6 is 11.3 Å². The van der Waals surface area contributed by atoms with Crippen molar-refractivity contribution < 1.29 is 9.59 Å². The van der Waals surface area contributed by atoms with Crippen molar-refractivity contribution in [3.05, 3.63) is 57.8 Å². The molecule has 1 aliphatic rings. The lowest BCUT2D eigenvalue weighted by Gasteiger charge is -2.34. The van der Waals surface area contributed by atoms with Gasteiger partial charge in [0, 0.05) is 18.3 Å². The molecule has 24 heavy (non-hydrogen) atoms. The standard InChI is InChI=1S/C19H22N2O2S/c1-13-16-9-11-24-18(16)8-10-21(13)19(23)12-17(20-14(2)22)15-6-4-3-5-7-15/h3-7,9,11,13,17H,8,10,12H2,1-2H3,(H,20,22)/t13-,17-/m1/s1. The van der Waals surface area contributed by atoms with Crippen molar-refractivity contribution in [1.82, 2.24) is 10.2 Å². The average Bonchev–Trinajstić information content (AvgIpc) is 3.04. The van der Waals surface area contributed by atoms with Gasteiger partial charge in [0.25, 0.3) is 0 Å². The maximum absolute atomic E-state index is 12.9. The summed E-state index contributed by atoms with van der Waals surface area (Å²) in [5.74, 6) is -0.0366. The lowest BCUT2D eigenvalue weighted by Crippen LogP contribution is -2.40. The van der Waals surface area contributed by atoms with Crippen molar-refractivity contribution >= 4 is 23.2 Å². The van der Waals surface area contributed by atoms with Crippen LogP contribution in [0.15, 0.2) is 41.8 Å². The highest BCUT2D eigenvalue weighted by Gasteiger charge is 2.30. The molecule has 2 amide bonds. The molecule has 3 rings (SSSR count). The van der Waals surface area contributed by atoms with E-state index < -0.39 is 0 Å². The number of benzene rings is 1. The Bertz CT molecular complexity index is 726. The van der Waals surface area contributed by atoms with Gasteiger partial charge in [0.05, 0.1) is 18.5 Å². The van der Waals surface area contributed by atoms with Crippen molar-refractivity contribution in [1.29, 1.82) is 0 Å². The molecule has 2 atom stereocenters. The van der Waals surface area contributed by atoms with Crippen LogP contribution in [0.3, 0.4) is 0 Å². The number of carbonyl (C=O) groups excluding carboxylic acids is 2. The molecule has 0 aliphatic carbocycles. The second-order valence-corrected chi connectivity index (χ2v) is 7.18. The first kappa shape index (κ1) is 16.7. The number of hydrogen-bond acceptors (Lipinski definition) is 3. The number of nitrogens with zero attached hydrogens (tertiary/aromatic N) is 1. The first-order chi connectivity index (χ1) is 11.6. The monoisotopic (exact) mass is 342 g/mol. The summed E-state index contributed by atoms with van der Waals surface area (Å²) in [5.41, 5.74) is 2.22. The molecule has 0 unspecified atom stereocenters. The Labute approximate surface area is 146 Å². The molecule has 126 valence electrons. The molecule has 0 bridgehead atoms. The molecular formula is C19H22N2O2S. The van der Waals surface area contributed by atoms with Gasteiger partial charge in [-0.2, -0.15) is 0 Å². The lowest BCUT2D eigenvalue weighted by molar-refractivity contribution is -0.134. The Morgan fingerprint density at radius 2 is 2.04 bits per heavy atom. The number of thiophene rings is 1. The van der Waals surface area contributed by atoms with E-state index in [1.165, 1.54) is 17.4 Å². The molecule has 0 spiro atoms. The second-order valence-electron chi connectivity index (χ2n) is 6.18. The minimum absolute atomic E-state index is 0.0851. The van der Waals surface area contributed by atoms with Crippen molar-refractivity contribution in [2.75, 3.05) is 6.54 Å². The van der Waals surface area contributed by atoms with Gasteiger partial charge in [0.2, 0.25) is 11.8 Å². The Morgan fingerprint density at radius 3 is 2.75 bits per heavy atom. The van der Waals surface area contributed by atoms with E-state index in [2.05, 4.69) is 23.7 Å². The molecule has 0 saturated carbocycles. The molecular weight excluding hydrogens is 320 g/mol. The van der Waals surface area contributed by atoms with E-state index in [0.29, 0.717) is 0 Å². The Hall–Kier alpha value is -2.14. The van der Waals surface area contributed by atoms with Crippen LogP contribution < -0.4 is 5.32 Å². The van der Waals surface area contributed by atoms with Gasteiger partial charge in [-0.1, -0.05) is 30.3 Å². The fraction of sp³-hybridized carbons (Fsp3) is 0.368. The predicted octanol–water partition coefficient (Wildman–Crippen LogP) is 3.46. The highest BCUT2D eigenvalue weighted by Crippen LogP contribution is 2.33. The maximum Gasteiger partial charge on any atom is 0.225 e. The summed E-state index contributed by atoms with van der Waals surface area (Å²) in [7, 11) is 0. The number of fused-ring (bicyclic) bond motifs is 1. The zero-order chi connectivity index (χ0) is 17.1. The Kier molecular flexibility index (Phi) is 5.00. The van der Waals surface area contributed by atoms with Crippen LogP contribution in [0, 0.1) is 0 Å². The second kappa shape index (κ2) is 7.18. The number of hydrogen-bond donors (Lipinski definition) is 1. The molecule has 2 heterocycles. The van der Waals surface area contributed by atoms with Crippen LogP contribution in [-0.2, 0) is 16.0 Å². The fourth-order valence-corrected chi connectivity index (χ4v) is 4.29. The van der Waals surface area contributed by atoms with Crippen LogP contribution in [0.25, 0.3) is 0 Å². The van der Waals surface area contributed by atoms with Crippen LogP contribution in [0.2, 0.25) is 0 Å². The normalized spacial score (nSPS) is 17.9. The van der Waals surface area contributed by atoms with E-state index in [1.54, 1.807) is 11.3 Å². The zero-order valence-corrected chi connectivity index (χ0v) is 14.8. The van der Waals surface area contributed by atoms with Gasteiger partial charge in [0.15, 0.2) is 0 Å². The van der Waals surface area contributed by atoms with E-state index in [-0.39, 0.29) is 30.3 Å². The van der Waals surface area contributed by atoms with Gasteiger partial charge in [-0.15, -0.1) is 11.3 Å². The molecule has 1 aromatic heterocycles. The number of rotatable bonds is 4. The minimum atomic E-state index is -0.285. The van der Waals surface area contributed by atoms with Crippen molar-refractivity contribution in [3.8, 4) is 0 Å². The minimum Gasteiger partial charge on any atom is -0.349 e. The summed E-state index contributed by atoms with van der Waals surface area (Å²) >= 11 is 1.77. The number of amides is 2. The van der Waals surface area contributed by atoms with Crippen molar-refractivity contribution in [2.45, 2.75) is 38.8 Å². The van der Waals surface area contributed by atoms with Crippen molar-refractivity contribution in [2.24, 2.45) is 0 Å². The summed E-state index contributed by atoms with van der Waals surface area (Å²) in [4.78, 5) is 27.7. The molecule has 5 heteroatoms. The number of carbonyl (C=O) groups is 2. The molecule has 2 aromatic rings. The quantitative estimate of drug-likeness (QED) is 0.925. The zero-order valence-electron chi connectivity index (χ0n) is 14.0. The summed E-state index contributed by atoms with van der Waals surface area (Å²) in [5, 5.41) is 5.01. The van der Waals surface area contributed by atoms with E-state index in [4.69, 9.17) is 0 Å². The summed E-state index contributed by atoms with van der Waals surface area (Å²) < 4.78 is 0. The van der Waals surface area contributed by atoms with Crippen LogP contribution in [0.1, 0.15) is 48.4 Å². The molecule has 0 saturated heterocycles. The van der Waals surface area contributed by atoms with Gasteiger partial charge >= 0.3 is 0 Å².